The lowest BCUT2D eigenvalue weighted by atomic mass is 9.68. The molecule has 0 radical (unpaired) electrons. The van der Waals surface area contributed by atoms with Crippen LogP contribution in [0.3, 0.4) is 0 Å². The SMILES string of the molecule is COC(=O)C(CCCN1CCN(Cc2ccccc2F)CC1)(c1ccc(F)cc1)C(C)C. The van der Waals surface area contributed by atoms with Gasteiger partial charge < -0.3 is 9.64 Å². The Morgan fingerprint density at radius 2 is 1.62 bits per heavy atom. The van der Waals surface area contributed by atoms with Crippen molar-refractivity contribution in [2.24, 2.45) is 5.92 Å². The quantitative estimate of drug-likeness (QED) is 0.528. The van der Waals surface area contributed by atoms with Crippen molar-refractivity contribution < 1.29 is 18.3 Å². The molecule has 32 heavy (non-hydrogen) atoms. The van der Waals surface area contributed by atoms with Gasteiger partial charge in [0.1, 0.15) is 11.6 Å². The summed E-state index contributed by atoms with van der Waals surface area (Å²) in [5, 5.41) is 0. The molecule has 1 aliphatic heterocycles. The second-order valence-corrected chi connectivity index (χ2v) is 8.94. The number of rotatable bonds is 9. The van der Waals surface area contributed by atoms with E-state index in [2.05, 4.69) is 9.80 Å². The summed E-state index contributed by atoms with van der Waals surface area (Å²) in [4.78, 5) is 17.6. The van der Waals surface area contributed by atoms with Crippen LogP contribution < -0.4 is 0 Å². The van der Waals surface area contributed by atoms with E-state index >= 15 is 0 Å². The Kier molecular flexibility index (Phi) is 8.38. The summed E-state index contributed by atoms with van der Waals surface area (Å²) < 4.78 is 32.6. The minimum atomic E-state index is -0.797. The molecule has 1 aliphatic rings. The summed E-state index contributed by atoms with van der Waals surface area (Å²) in [5.74, 6) is -0.722. The van der Waals surface area contributed by atoms with E-state index in [0.717, 1.165) is 50.3 Å². The van der Waals surface area contributed by atoms with Gasteiger partial charge in [-0.3, -0.25) is 9.69 Å². The molecular formula is C26H34F2N2O2. The Labute approximate surface area is 190 Å². The first-order valence-electron chi connectivity index (χ1n) is 11.4. The van der Waals surface area contributed by atoms with Crippen molar-refractivity contribution in [3.63, 3.8) is 0 Å². The van der Waals surface area contributed by atoms with Gasteiger partial charge in [-0.1, -0.05) is 44.2 Å². The first kappa shape index (κ1) is 24.3. The summed E-state index contributed by atoms with van der Waals surface area (Å²) in [5.41, 5.74) is 0.741. The van der Waals surface area contributed by atoms with Crippen molar-refractivity contribution >= 4 is 5.97 Å². The van der Waals surface area contributed by atoms with Crippen LogP contribution in [0.15, 0.2) is 48.5 Å². The topological polar surface area (TPSA) is 32.8 Å². The maximum Gasteiger partial charge on any atom is 0.316 e. The van der Waals surface area contributed by atoms with Crippen molar-refractivity contribution in [2.75, 3.05) is 39.8 Å². The van der Waals surface area contributed by atoms with Crippen molar-refractivity contribution in [3.05, 3.63) is 71.3 Å². The fraction of sp³-hybridized carbons (Fsp3) is 0.500. The van der Waals surface area contributed by atoms with Crippen molar-refractivity contribution in [1.82, 2.24) is 9.80 Å². The highest BCUT2D eigenvalue weighted by Crippen LogP contribution is 2.38. The molecule has 3 rings (SSSR count). The van der Waals surface area contributed by atoms with Crippen LogP contribution in [0.25, 0.3) is 0 Å². The van der Waals surface area contributed by atoms with E-state index in [1.165, 1.54) is 25.3 Å². The van der Waals surface area contributed by atoms with Crippen molar-refractivity contribution in [3.8, 4) is 0 Å². The second kappa shape index (κ2) is 11.0. The third-order valence-electron chi connectivity index (χ3n) is 6.76. The number of methoxy groups -OCH3 is 1. The van der Waals surface area contributed by atoms with E-state index in [1.54, 1.807) is 18.2 Å². The normalized spacial score (nSPS) is 17.3. The first-order chi connectivity index (χ1) is 15.4. The molecule has 0 amide bonds. The molecule has 1 fully saturated rings. The maximum atomic E-state index is 13.9. The van der Waals surface area contributed by atoms with E-state index in [1.807, 2.05) is 26.0 Å². The minimum absolute atomic E-state index is 0.0121. The molecule has 0 aliphatic carbocycles. The number of hydrogen-bond donors (Lipinski definition) is 0. The van der Waals surface area contributed by atoms with Gasteiger partial charge in [-0.25, -0.2) is 8.78 Å². The number of benzene rings is 2. The van der Waals surface area contributed by atoms with Crippen molar-refractivity contribution in [2.45, 2.75) is 38.6 Å². The summed E-state index contributed by atoms with van der Waals surface area (Å²) in [6, 6.07) is 13.2. The monoisotopic (exact) mass is 444 g/mol. The van der Waals surface area contributed by atoms with Crippen LogP contribution in [-0.2, 0) is 21.5 Å². The zero-order chi connectivity index (χ0) is 23.1. The molecule has 1 heterocycles. The summed E-state index contributed by atoms with van der Waals surface area (Å²) >= 11 is 0. The average molecular weight is 445 g/mol. The molecule has 2 aromatic rings. The number of carbonyl (C=O) groups is 1. The second-order valence-electron chi connectivity index (χ2n) is 8.94. The van der Waals surface area contributed by atoms with E-state index in [4.69, 9.17) is 4.74 Å². The number of esters is 1. The van der Waals surface area contributed by atoms with Gasteiger partial charge >= 0.3 is 5.97 Å². The van der Waals surface area contributed by atoms with Crippen LogP contribution in [0.2, 0.25) is 0 Å². The Bertz CT molecular complexity index is 880. The Hall–Kier alpha value is -2.31. The molecule has 0 N–H and O–H groups in total. The maximum absolute atomic E-state index is 13.9. The molecule has 174 valence electrons. The fourth-order valence-electron chi connectivity index (χ4n) is 4.77. The first-order valence-corrected chi connectivity index (χ1v) is 11.4. The predicted molar refractivity (Wildman–Crippen MR) is 122 cm³/mol. The Morgan fingerprint density at radius 1 is 1.00 bits per heavy atom. The highest BCUT2D eigenvalue weighted by Gasteiger charge is 2.44. The number of piperazine rings is 1. The molecular weight excluding hydrogens is 410 g/mol. The lowest BCUT2D eigenvalue weighted by Crippen LogP contribution is -2.47. The number of halogens is 2. The van der Waals surface area contributed by atoms with Crippen LogP contribution in [0, 0.1) is 17.6 Å². The minimum Gasteiger partial charge on any atom is -0.468 e. The number of hydrogen-bond acceptors (Lipinski definition) is 4. The molecule has 1 unspecified atom stereocenters. The summed E-state index contributed by atoms with van der Waals surface area (Å²) in [6.07, 6.45) is 1.47. The van der Waals surface area contributed by atoms with Crippen LogP contribution in [0.1, 0.15) is 37.8 Å². The zero-order valence-corrected chi connectivity index (χ0v) is 19.3. The van der Waals surface area contributed by atoms with Crippen LogP contribution >= 0.6 is 0 Å². The molecule has 0 spiro atoms. The lowest BCUT2D eigenvalue weighted by Gasteiger charge is -2.38. The van der Waals surface area contributed by atoms with Gasteiger partial charge in [-0.05, 0) is 49.1 Å². The summed E-state index contributed by atoms with van der Waals surface area (Å²) in [6.45, 7) is 9.14. The van der Waals surface area contributed by atoms with Gasteiger partial charge in [0, 0.05) is 38.3 Å². The van der Waals surface area contributed by atoms with E-state index in [-0.39, 0.29) is 23.5 Å². The molecule has 1 atom stereocenters. The molecule has 0 aromatic heterocycles. The molecule has 4 nitrogen and oxygen atoms in total. The molecule has 0 saturated carbocycles. The van der Waals surface area contributed by atoms with Crippen LogP contribution in [0.4, 0.5) is 8.78 Å². The standard InChI is InChI=1S/C26H34F2N2O2/c1-20(2)26(25(31)32-3,22-9-11-23(27)12-10-22)13-6-14-29-15-17-30(18-16-29)19-21-7-4-5-8-24(21)28/h4-5,7-12,20H,6,13-19H2,1-3H3. The highest BCUT2D eigenvalue weighted by molar-refractivity contribution is 5.83. The third-order valence-corrected chi connectivity index (χ3v) is 6.76. The fourth-order valence-corrected chi connectivity index (χ4v) is 4.77. The highest BCUT2D eigenvalue weighted by atomic mass is 19.1. The molecule has 6 heteroatoms. The van der Waals surface area contributed by atoms with Gasteiger partial charge in [-0.2, -0.15) is 0 Å². The number of nitrogens with zero attached hydrogens (tertiary/aromatic N) is 2. The van der Waals surface area contributed by atoms with E-state index < -0.39 is 5.41 Å². The number of carbonyl (C=O) groups excluding carboxylic acids is 1. The lowest BCUT2D eigenvalue weighted by molar-refractivity contribution is -0.150. The van der Waals surface area contributed by atoms with Crippen LogP contribution in [-0.4, -0.2) is 55.6 Å². The Morgan fingerprint density at radius 3 is 2.22 bits per heavy atom. The van der Waals surface area contributed by atoms with E-state index in [0.29, 0.717) is 13.0 Å². The van der Waals surface area contributed by atoms with Crippen molar-refractivity contribution in [1.29, 1.82) is 0 Å². The zero-order valence-electron chi connectivity index (χ0n) is 19.3. The van der Waals surface area contributed by atoms with Gasteiger partial charge in [0.05, 0.1) is 12.5 Å². The summed E-state index contributed by atoms with van der Waals surface area (Å²) in [7, 11) is 1.41. The predicted octanol–water partition coefficient (Wildman–Crippen LogP) is 4.63. The van der Waals surface area contributed by atoms with Crippen LogP contribution in [0.5, 0.6) is 0 Å². The Balaban J connectivity index is 1.58. The van der Waals surface area contributed by atoms with E-state index in [9.17, 15) is 13.6 Å². The largest absolute Gasteiger partial charge is 0.468 e. The van der Waals surface area contributed by atoms with Gasteiger partial charge in [0.15, 0.2) is 0 Å². The van der Waals surface area contributed by atoms with Gasteiger partial charge in [0.2, 0.25) is 0 Å². The number of ether oxygens (including phenoxy) is 1. The third kappa shape index (κ3) is 5.54. The average Bonchev–Trinajstić information content (AvgIpc) is 2.79. The molecule has 1 saturated heterocycles. The van der Waals surface area contributed by atoms with Gasteiger partial charge in [-0.15, -0.1) is 0 Å². The smallest absolute Gasteiger partial charge is 0.316 e. The molecule has 0 bridgehead atoms. The molecule has 2 aromatic carbocycles. The van der Waals surface area contributed by atoms with Gasteiger partial charge in [0.25, 0.3) is 0 Å².